The number of amides is 2. The molecular weight excluding hydrogens is 548 g/mol. The number of aromatic amines is 1. The molecule has 8 nitrogen and oxygen atoms in total. The summed E-state index contributed by atoms with van der Waals surface area (Å²) in [4.78, 5) is 39.3. The summed E-state index contributed by atoms with van der Waals surface area (Å²) in [6.07, 6.45) is 15.8. The van der Waals surface area contributed by atoms with Gasteiger partial charge in [0.25, 0.3) is 0 Å². The Kier molecular flexibility index (Phi) is 8.25. The first kappa shape index (κ1) is 31.1. The molecule has 0 aliphatic carbocycles. The number of hydrogen-bond donors (Lipinski definition) is 4. The zero-order valence-electron chi connectivity index (χ0n) is 26.7. The Balaban J connectivity index is 1.83. The number of fused-ring (bicyclic) bond motifs is 6. The second-order valence-corrected chi connectivity index (χ2v) is 12.3. The van der Waals surface area contributed by atoms with E-state index in [0.717, 1.165) is 50.1 Å². The third-order valence-electron chi connectivity index (χ3n) is 9.99. The molecule has 8 bridgehead atoms. The predicted octanol–water partition coefficient (Wildman–Crippen LogP) is 3.47. The molecule has 4 N–H and O–H groups in total. The fourth-order valence-corrected chi connectivity index (χ4v) is 7.59. The van der Waals surface area contributed by atoms with Gasteiger partial charge < -0.3 is 15.6 Å². The van der Waals surface area contributed by atoms with Crippen LogP contribution in [0.1, 0.15) is 53.4 Å². The number of aliphatic imine (C=N–C) groups is 2. The number of rotatable bonds is 8. The highest BCUT2D eigenvalue weighted by molar-refractivity contribution is 6.22. The molecule has 0 fully saturated rings. The Bertz CT molecular complexity index is 1750. The monoisotopic (exact) mass is 592 g/mol. The molecule has 0 saturated carbocycles. The van der Waals surface area contributed by atoms with Crippen molar-refractivity contribution in [2.45, 2.75) is 70.0 Å². The number of aromatic nitrogens is 1. The summed E-state index contributed by atoms with van der Waals surface area (Å²) < 4.78 is 0. The van der Waals surface area contributed by atoms with Gasteiger partial charge in [0, 0.05) is 43.6 Å². The van der Waals surface area contributed by atoms with E-state index in [2.05, 4.69) is 73.9 Å². The smallest absolute Gasteiger partial charge is 0.220 e. The van der Waals surface area contributed by atoms with Crippen molar-refractivity contribution in [1.29, 1.82) is 0 Å². The van der Waals surface area contributed by atoms with Crippen LogP contribution in [0.2, 0.25) is 0 Å². The lowest BCUT2D eigenvalue weighted by atomic mass is 9.64. The van der Waals surface area contributed by atoms with E-state index in [4.69, 9.17) is 9.98 Å². The summed E-state index contributed by atoms with van der Waals surface area (Å²) in [6, 6.07) is 4.07. The lowest BCUT2D eigenvalue weighted by molar-refractivity contribution is -0.121. The van der Waals surface area contributed by atoms with Gasteiger partial charge in [-0.3, -0.25) is 19.9 Å². The Morgan fingerprint density at radius 1 is 1.05 bits per heavy atom. The fourth-order valence-electron chi connectivity index (χ4n) is 7.59. The zero-order valence-corrected chi connectivity index (χ0v) is 26.7. The summed E-state index contributed by atoms with van der Waals surface area (Å²) in [6.45, 7) is 17.1. The molecule has 4 aliphatic rings. The minimum Gasteiger partial charge on any atom is -0.359 e. The maximum atomic E-state index is 12.8. The van der Waals surface area contributed by atoms with Crippen molar-refractivity contribution >= 4 is 35.4 Å². The van der Waals surface area contributed by atoms with Crippen LogP contribution in [0.15, 0.2) is 93.6 Å². The molecule has 0 saturated heterocycles. The van der Waals surface area contributed by atoms with Gasteiger partial charge in [-0.25, -0.2) is 4.99 Å². The van der Waals surface area contributed by atoms with E-state index in [1.807, 2.05) is 42.5 Å². The van der Waals surface area contributed by atoms with Gasteiger partial charge in [-0.15, -0.1) is 6.58 Å². The summed E-state index contributed by atoms with van der Waals surface area (Å²) in [5, 5.41) is 11.4. The lowest BCUT2D eigenvalue weighted by Gasteiger charge is -2.47. The number of allylic oxidation sites excluding steroid dienone is 3. The third kappa shape index (κ3) is 5.11. The molecule has 2 amide bonds. The number of nitrogens with one attached hydrogen (secondary N) is 4. The topological polar surface area (TPSA) is 111 Å². The first-order valence-corrected chi connectivity index (χ1v) is 15.3. The number of carbonyl (C=O) groups is 2. The first-order valence-electron chi connectivity index (χ1n) is 15.3. The van der Waals surface area contributed by atoms with Crippen molar-refractivity contribution in [3.63, 3.8) is 0 Å². The first-order chi connectivity index (χ1) is 20.9. The average Bonchev–Trinajstić information content (AvgIpc) is 3.75. The van der Waals surface area contributed by atoms with Crippen LogP contribution < -0.4 is 26.6 Å². The second-order valence-electron chi connectivity index (χ2n) is 12.3. The van der Waals surface area contributed by atoms with Gasteiger partial charge >= 0.3 is 0 Å². The number of carbonyl (C=O) groups excluding carboxylic acids is 2. The molecule has 230 valence electrons. The highest BCUT2D eigenvalue weighted by Gasteiger charge is 2.57. The maximum absolute atomic E-state index is 12.8. The van der Waals surface area contributed by atoms with Crippen molar-refractivity contribution < 1.29 is 9.59 Å². The second kappa shape index (κ2) is 11.7. The quantitative estimate of drug-likeness (QED) is 0.347. The molecule has 1 aromatic rings. The van der Waals surface area contributed by atoms with E-state index < -0.39 is 16.6 Å². The summed E-state index contributed by atoms with van der Waals surface area (Å²) in [5.74, 6) is -0.294. The van der Waals surface area contributed by atoms with Gasteiger partial charge in [-0.2, -0.15) is 0 Å². The molecule has 0 aromatic carbocycles. The Morgan fingerprint density at radius 2 is 1.73 bits per heavy atom. The van der Waals surface area contributed by atoms with Crippen molar-refractivity contribution in [2.24, 2.45) is 15.9 Å². The third-order valence-corrected chi connectivity index (χ3v) is 9.99. The van der Waals surface area contributed by atoms with Crippen molar-refractivity contribution in [3.05, 3.63) is 94.4 Å². The van der Waals surface area contributed by atoms with Gasteiger partial charge in [0.1, 0.15) is 0 Å². The van der Waals surface area contributed by atoms with E-state index in [9.17, 15) is 9.59 Å². The molecule has 0 radical (unpaired) electrons. The van der Waals surface area contributed by atoms with E-state index in [1.54, 1.807) is 14.1 Å². The van der Waals surface area contributed by atoms with Crippen molar-refractivity contribution in [2.75, 3.05) is 14.1 Å². The lowest BCUT2D eigenvalue weighted by Crippen LogP contribution is -2.59. The molecule has 5 heterocycles. The zero-order chi connectivity index (χ0) is 31.9. The summed E-state index contributed by atoms with van der Waals surface area (Å²) in [5.41, 5.74) is 4.68. The predicted molar refractivity (Wildman–Crippen MR) is 180 cm³/mol. The molecule has 4 unspecified atom stereocenters. The number of hydrogen-bond acceptors (Lipinski definition) is 5. The van der Waals surface area contributed by atoms with Crippen molar-refractivity contribution in [1.82, 2.24) is 20.9 Å². The Morgan fingerprint density at radius 3 is 2.39 bits per heavy atom. The number of H-pyrrole nitrogens is 1. The molecular formula is C36H44N6O2. The maximum Gasteiger partial charge on any atom is 0.220 e. The van der Waals surface area contributed by atoms with Crippen LogP contribution in [-0.4, -0.2) is 58.9 Å². The highest BCUT2D eigenvalue weighted by atomic mass is 16.2. The van der Waals surface area contributed by atoms with Crippen LogP contribution in [0, 0.1) is 5.92 Å². The van der Waals surface area contributed by atoms with Gasteiger partial charge in [0.2, 0.25) is 11.8 Å². The fraction of sp³-hybridized carbons (Fsp3) is 0.389. The minimum absolute atomic E-state index is 0.0375. The van der Waals surface area contributed by atoms with Crippen LogP contribution in [0.3, 0.4) is 0 Å². The standard InChI is InChI=1S/C36H44N6O2/c1-9-29-23(4)35(10-2)24(5)36(18-17-33(44)38-8)30(15-16-32(43)37-7)22(3)31(41-36)20-27-12-11-25(39-27)19-26-13-14-28(40-26)21-34(29,6)42-35/h9-14,19-21,24,39,42H,1-2,15-18H2,3-8H3,(H,37,43)(H,38,44). The van der Waals surface area contributed by atoms with E-state index in [1.165, 1.54) is 0 Å². The molecule has 5 rings (SSSR count). The normalized spacial score (nSPS) is 29.0. The van der Waals surface area contributed by atoms with Crippen LogP contribution in [-0.2, 0) is 9.59 Å². The Labute approximate surface area is 260 Å². The van der Waals surface area contributed by atoms with Crippen LogP contribution in [0.4, 0.5) is 0 Å². The summed E-state index contributed by atoms with van der Waals surface area (Å²) in [7, 11) is 3.31. The summed E-state index contributed by atoms with van der Waals surface area (Å²) >= 11 is 0. The van der Waals surface area contributed by atoms with Gasteiger partial charge in [0.05, 0.1) is 33.7 Å². The SMILES string of the molecule is C=CC1=C(C)C2(C=C)NC1(C)C=C1C=CC(=N1)C=c1ccc([nH]1)=CC1=NC(CCC(=O)NC)(C(CCC(=O)NC)=C1C)C2C. The van der Waals surface area contributed by atoms with E-state index in [-0.39, 0.29) is 24.2 Å². The van der Waals surface area contributed by atoms with Crippen LogP contribution in [0.25, 0.3) is 12.2 Å². The molecule has 4 atom stereocenters. The largest absolute Gasteiger partial charge is 0.359 e. The van der Waals surface area contributed by atoms with Crippen LogP contribution in [0.5, 0.6) is 0 Å². The number of nitrogens with zero attached hydrogens (tertiary/aromatic N) is 2. The highest BCUT2D eigenvalue weighted by Crippen LogP contribution is 2.53. The Hall–Kier alpha value is -4.30. The molecule has 0 spiro atoms. The molecule has 44 heavy (non-hydrogen) atoms. The van der Waals surface area contributed by atoms with E-state index in [0.29, 0.717) is 19.3 Å². The van der Waals surface area contributed by atoms with Crippen LogP contribution >= 0.6 is 0 Å². The minimum atomic E-state index is -0.805. The van der Waals surface area contributed by atoms with Gasteiger partial charge in [-0.1, -0.05) is 25.7 Å². The average molecular weight is 593 g/mol. The molecule has 4 aliphatic heterocycles. The van der Waals surface area contributed by atoms with Gasteiger partial charge in [-0.05, 0) is 98.4 Å². The van der Waals surface area contributed by atoms with Gasteiger partial charge in [0.15, 0.2) is 0 Å². The molecule has 8 heteroatoms. The van der Waals surface area contributed by atoms with Crippen molar-refractivity contribution in [3.8, 4) is 0 Å². The molecule has 1 aromatic heterocycles. The van der Waals surface area contributed by atoms with E-state index >= 15 is 0 Å².